The molecule has 0 unspecified atom stereocenters. The molecule has 4 rings (SSSR count). The normalized spacial score (nSPS) is 27.4. The number of primary amides is 1. The van der Waals surface area contributed by atoms with E-state index in [9.17, 15) is 48.0 Å². The molecule has 0 spiro atoms. The van der Waals surface area contributed by atoms with E-state index in [1.54, 1.807) is 0 Å². The smallest absolute Gasteiger partial charge is 0.413 e. The number of fused-ring (bicyclic) bond motifs is 3. The number of hydrogen-bond donors (Lipinski definition) is 6. The average molecular weight is 541 g/mol. The molecule has 1 aromatic rings. The van der Waals surface area contributed by atoms with Gasteiger partial charge in [-0.1, -0.05) is 6.07 Å². The number of alkyl halides is 3. The Bertz CT molecular complexity index is 1290. The van der Waals surface area contributed by atoms with Gasteiger partial charge in [0.25, 0.3) is 5.91 Å². The summed E-state index contributed by atoms with van der Waals surface area (Å²) in [6, 6.07) is 1.36. The molecular weight excluding hydrogens is 515 g/mol. The minimum atomic E-state index is -4.56. The van der Waals surface area contributed by atoms with Gasteiger partial charge in [-0.3, -0.25) is 24.1 Å². The largest absolute Gasteiger partial charge is 0.508 e. The number of nitrogens with one attached hydrogen (secondary N) is 1. The Balaban J connectivity index is 1.81. The summed E-state index contributed by atoms with van der Waals surface area (Å²) >= 11 is 0. The molecule has 7 N–H and O–H groups in total. The molecular formula is C24H26F3N3O8. The van der Waals surface area contributed by atoms with Crippen LogP contribution in [0.5, 0.6) is 5.75 Å². The maximum Gasteiger partial charge on any atom is 0.413 e. The SMILES string of the molecule is CN(C)[C@@H]1C(=O)C(C(N)=O)=C(O)[C@@]2(O)C(=O)C3=C(O)c4c(O)ccc(CNOCC(F)(F)F)c4C[C@H]3C[C@@H]12. The van der Waals surface area contributed by atoms with Gasteiger partial charge in [-0.15, -0.1) is 0 Å². The highest BCUT2D eigenvalue weighted by Gasteiger charge is 2.64. The quantitative estimate of drug-likeness (QED) is 0.169. The fraction of sp³-hybridized carbons (Fsp3) is 0.458. The van der Waals surface area contributed by atoms with Crippen LogP contribution in [0.4, 0.5) is 13.2 Å². The first-order valence-electron chi connectivity index (χ1n) is 11.5. The number of aliphatic hydroxyl groups excluding tert-OH is 2. The van der Waals surface area contributed by atoms with Crippen LogP contribution in [0.25, 0.3) is 5.76 Å². The predicted octanol–water partition coefficient (Wildman–Crippen LogP) is 0.548. The third-order valence-corrected chi connectivity index (χ3v) is 7.30. The molecule has 0 aliphatic heterocycles. The lowest BCUT2D eigenvalue weighted by Gasteiger charge is -2.50. The molecule has 1 amide bonds. The van der Waals surface area contributed by atoms with Crippen LogP contribution in [-0.2, 0) is 32.2 Å². The number of rotatable bonds is 6. The number of hydrogen-bond acceptors (Lipinski definition) is 10. The topological polar surface area (TPSA) is 183 Å². The molecule has 0 heterocycles. The molecule has 11 nitrogen and oxygen atoms in total. The molecule has 14 heteroatoms. The first-order chi connectivity index (χ1) is 17.6. The van der Waals surface area contributed by atoms with Crippen LogP contribution in [0.3, 0.4) is 0 Å². The fourth-order valence-electron chi connectivity index (χ4n) is 5.74. The van der Waals surface area contributed by atoms with Gasteiger partial charge in [0.15, 0.2) is 18.0 Å². The standard InChI is InChI=1S/C24H26F3N3O8/c1-30(2)17-12-6-10-5-11-9(7-29-38-8-23(25,26)27)3-4-13(31)15(11)18(32)14(10)20(34)24(12,37)21(35)16(19(17)33)22(28)36/h3-4,10,12,17,29,31-32,35,37H,5-8H2,1-2H3,(H2,28,36)/t10-,12-,17-,24-/m0/s1. The van der Waals surface area contributed by atoms with Gasteiger partial charge in [-0.05, 0) is 50.0 Å². The number of Topliss-reactive ketones (excluding diaryl/α,β-unsaturated/α-hetero) is 2. The van der Waals surface area contributed by atoms with Crippen LogP contribution in [0.2, 0.25) is 0 Å². The van der Waals surface area contributed by atoms with Crippen molar-refractivity contribution in [3.8, 4) is 5.75 Å². The van der Waals surface area contributed by atoms with Gasteiger partial charge >= 0.3 is 6.18 Å². The van der Waals surface area contributed by atoms with Crippen LogP contribution in [0, 0.1) is 11.8 Å². The van der Waals surface area contributed by atoms with E-state index >= 15 is 0 Å². The highest BCUT2D eigenvalue weighted by molar-refractivity contribution is 6.24. The number of nitrogens with zero attached hydrogens (tertiary/aromatic N) is 1. The molecule has 206 valence electrons. The van der Waals surface area contributed by atoms with Crippen LogP contribution in [-0.4, -0.2) is 81.3 Å². The monoisotopic (exact) mass is 541 g/mol. The number of carbonyl (C=O) groups excluding carboxylic acids is 3. The Morgan fingerprint density at radius 1 is 1.24 bits per heavy atom. The molecule has 0 aromatic heterocycles. The van der Waals surface area contributed by atoms with E-state index < -0.39 is 76.6 Å². The number of amides is 1. The van der Waals surface area contributed by atoms with E-state index in [2.05, 4.69) is 10.3 Å². The van der Waals surface area contributed by atoms with Crippen molar-refractivity contribution in [1.29, 1.82) is 0 Å². The zero-order chi connectivity index (χ0) is 28.3. The Labute approximate surface area is 213 Å². The van der Waals surface area contributed by atoms with E-state index in [0.29, 0.717) is 11.1 Å². The first kappa shape index (κ1) is 27.6. The number of phenolic OH excluding ortho intramolecular Hbond substituents is 1. The number of halogens is 3. The summed E-state index contributed by atoms with van der Waals surface area (Å²) in [6.45, 7) is -1.79. The molecule has 0 bridgehead atoms. The number of aliphatic hydroxyl groups is 3. The van der Waals surface area contributed by atoms with Crippen molar-refractivity contribution >= 4 is 23.2 Å². The maximum absolute atomic E-state index is 13.7. The maximum atomic E-state index is 13.7. The lowest BCUT2D eigenvalue weighted by atomic mass is 9.57. The van der Waals surface area contributed by atoms with Gasteiger partial charge in [0.05, 0.1) is 11.6 Å². The second-order valence-corrected chi connectivity index (χ2v) is 9.78. The van der Waals surface area contributed by atoms with E-state index in [1.807, 2.05) is 0 Å². The van der Waals surface area contributed by atoms with Crippen molar-refractivity contribution in [1.82, 2.24) is 10.4 Å². The number of benzene rings is 1. The molecule has 38 heavy (non-hydrogen) atoms. The number of nitrogens with two attached hydrogens (primary N) is 1. The summed E-state index contributed by atoms with van der Waals surface area (Å²) < 4.78 is 37.2. The van der Waals surface area contributed by atoms with E-state index in [0.717, 1.165) is 0 Å². The summed E-state index contributed by atoms with van der Waals surface area (Å²) in [7, 11) is 2.96. The molecule has 1 aromatic carbocycles. The number of likely N-dealkylation sites (N-methyl/N-ethyl adjacent to an activating group) is 1. The minimum Gasteiger partial charge on any atom is -0.508 e. The van der Waals surface area contributed by atoms with Crippen molar-refractivity contribution < 1.29 is 52.8 Å². The van der Waals surface area contributed by atoms with E-state index in [4.69, 9.17) is 5.73 Å². The first-order valence-corrected chi connectivity index (χ1v) is 11.5. The molecule has 1 saturated carbocycles. The molecule has 3 aliphatic rings. The Hall–Kier alpha value is -3.46. The number of ketones is 2. The minimum absolute atomic E-state index is 0.000771. The Morgan fingerprint density at radius 2 is 1.89 bits per heavy atom. The van der Waals surface area contributed by atoms with Gasteiger partial charge in [0.2, 0.25) is 5.78 Å². The third-order valence-electron chi connectivity index (χ3n) is 7.30. The number of carbonyl (C=O) groups is 3. The van der Waals surface area contributed by atoms with E-state index in [-0.39, 0.29) is 30.5 Å². The van der Waals surface area contributed by atoms with Crippen LogP contribution < -0.4 is 11.2 Å². The zero-order valence-corrected chi connectivity index (χ0v) is 20.3. The van der Waals surface area contributed by atoms with Crippen LogP contribution in [0.15, 0.2) is 29.0 Å². The fourth-order valence-corrected chi connectivity index (χ4v) is 5.74. The van der Waals surface area contributed by atoms with Crippen molar-refractivity contribution in [2.24, 2.45) is 17.6 Å². The van der Waals surface area contributed by atoms with Gasteiger partial charge in [0.1, 0.15) is 22.8 Å². The summed E-state index contributed by atoms with van der Waals surface area (Å²) in [6.07, 6.45) is -4.68. The summed E-state index contributed by atoms with van der Waals surface area (Å²) in [5, 5.41) is 44.0. The highest BCUT2D eigenvalue weighted by atomic mass is 19.4. The number of hydroxylamine groups is 1. The van der Waals surface area contributed by atoms with Crippen molar-refractivity contribution in [2.45, 2.75) is 37.2 Å². The lowest BCUT2D eigenvalue weighted by Crippen LogP contribution is -2.65. The van der Waals surface area contributed by atoms with Crippen molar-refractivity contribution in [2.75, 3.05) is 20.7 Å². The summed E-state index contributed by atoms with van der Waals surface area (Å²) in [5.74, 6) is -7.75. The summed E-state index contributed by atoms with van der Waals surface area (Å²) in [4.78, 5) is 44.6. The van der Waals surface area contributed by atoms with Gasteiger partial charge < -0.3 is 26.2 Å². The van der Waals surface area contributed by atoms with E-state index in [1.165, 1.54) is 31.1 Å². The Kier molecular flexibility index (Phi) is 6.80. The molecule has 3 aliphatic carbocycles. The third kappa shape index (κ3) is 4.22. The molecule has 0 radical (unpaired) electrons. The predicted molar refractivity (Wildman–Crippen MR) is 123 cm³/mol. The van der Waals surface area contributed by atoms with Gasteiger partial charge in [0, 0.05) is 18.0 Å². The second-order valence-electron chi connectivity index (χ2n) is 9.78. The van der Waals surface area contributed by atoms with Crippen LogP contribution in [0.1, 0.15) is 23.1 Å². The van der Waals surface area contributed by atoms with Crippen molar-refractivity contribution in [3.63, 3.8) is 0 Å². The van der Waals surface area contributed by atoms with Crippen LogP contribution >= 0.6 is 0 Å². The molecule has 4 atom stereocenters. The highest BCUT2D eigenvalue weighted by Crippen LogP contribution is 2.52. The van der Waals surface area contributed by atoms with Gasteiger partial charge in [-0.2, -0.15) is 18.7 Å². The number of phenols is 1. The van der Waals surface area contributed by atoms with Crippen molar-refractivity contribution in [3.05, 3.63) is 45.7 Å². The number of aromatic hydroxyl groups is 1. The lowest BCUT2D eigenvalue weighted by molar-refractivity contribution is -0.190. The molecule has 0 saturated heterocycles. The summed E-state index contributed by atoms with van der Waals surface area (Å²) in [5.41, 5.74) is 3.97. The Morgan fingerprint density at radius 3 is 2.47 bits per heavy atom. The van der Waals surface area contributed by atoms with Gasteiger partial charge in [-0.25, -0.2) is 0 Å². The second kappa shape index (κ2) is 9.38. The average Bonchev–Trinajstić information content (AvgIpc) is 2.79. The molecule has 1 fully saturated rings. The zero-order valence-electron chi connectivity index (χ0n) is 20.3.